The lowest BCUT2D eigenvalue weighted by Crippen LogP contribution is -2.29. The summed E-state index contributed by atoms with van der Waals surface area (Å²) < 4.78 is 11.2. The van der Waals surface area contributed by atoms with Gasteiger partial charge in [-0.3, -0.25) is 0 Å². The van der Waals surface area contributed by atoms with Crippen LogP contribution in [0.5, 0.6) is 5.75 Å². The lowest BCUT2D eigenvalue weighted by molar-refractivity contribution is -0.151. The Morgan fingerprint density at radius 2 is 1.64 bits per heavy atom. The normalized spacial score (nSPS) is 12.0. The van der Waals surface area contributed by atoms with Crippen molar-refractivity contribution in [1.82, 2.24) is 0 Å². The van der Waals surface area contributed by atoms with Crippen LogP contribution < -0.4 is 4.74 Å². The van der Waals surface area contributed by atoms with E-state index in [1.807, 2.05) is 43.3 Å². The number of rotatable bonds is 11. The fourth-order valence-corrected chi connectivity index (χ4v) is 3.17. The molecule has 152 valence electrons. The van der Waals surface area contributed by atoms with E-state index in [0.29, 0.717) is 24.7 Å². The average molecular weight is 403 g/mol. The van der Waals surface area contributed by atoms with Crippen LogP contribution in [0.15, 0.2) is 48.5 Å². The molecule has 2 aromatic rings. The van der Waals surface area contributed by atoms with Crippen molar-refractivity contribution in [3.05, 3.63) is 64.7 Å². The Balaban J connectivity index is 1.82. The van der Waals surface area contributed by atoms with Crippen LogP contribution in [0.3, 0.4) is 0 Å². The summed E-state index contributed by atoms with van der Waals surface area (Å²) in [5, 5.41) is 0.764. The summed E-state index contributed by atoms with van der Waals surface area (Å²) in [4.78, 5) is 12.3. The molecule has 0 aliphatic carbocycles. The molecule has 2 rings (SSSR count). The minimum atomic E-state index is -0.555. The molecular formula is C24H31ClO3. The topological polar surface area (TPSA) is 35.5 Å². The van der Waals surface area contributed by atoms with Gasteiger partial charge in [-0.05, 0) is 73.9 Å². The minimum Gasteiger partial charge on any atom is -0.479 e. The maximum Gasteiger partial charge on any atom is 0.347 e. The number of hydrogen-bond donors (Lipinski definition) is 0. The molecule has 0 N–H and O–H groups in total. The number of halogens is 1. The molecule has 3 nitrogen and oxygen atoms in total. The summed E-state index contributed by atoms with van der Waals surface area (Å²) in [5.74, 6) is 0.896. The van der Waals surface area contributed by atoms with Gasteiger partial charge >= 0.3 is 5.97 Å². The zero-order valence-electron chi connectivity index (χ0n) is 17.1. The molecule has 0 heterocycles. The quantitative estimate of drug-likeness (QED) is 0.314. The fourth-order valence-electron chi connectivity index (χ4n) is 3.04. The number of benzene rings is 2. The average Bonchev–Trinajstić information content (AvgIpc) is 2.68. The number of carbonyl (C=O) groups is 1. The van der Waals surface area contributed by atoms with Crippen LogP contribution in [0.25, 0.3) is 0 Å². The van der Waals surface area contributed by atoms with Crippen molar-refractivity contribution in [3.8, 4) is 5.75 Å². The summed E-state index contributed by atoms with van der Waals surface area (Å²) in [6.45, 7) is 6.49. The van der Waals surface area contributed by atoms with Crippen molar-refractivity contribution in [3.63, 3.8) is 0 Å². The van der Waals surface area contributed by atoms with E-state index in [2.05, 4.69) is 26.0 Å². The van der Waals surface area contributed by atoms with E-state index in [0.717, 1.165) is 30.7 Å². The first-order valence-corrected chi connectivity index (χ1v) is 10.5. The summed E-state index contributed by atoms with van der Waals surface area (Å²) in [5.41, 5.74) is 2.54. The molecule has 0 radical (unpaired) electrons. The molecule has 0 bridgehead atoms. The summed E-state index contributed by atoms with van der Waals surface area (Å²) >= 11 is 5.92. The van der Waals surface area contributed by atoms with Crippen LogP contribution in [0.1, 0.15) is 63.5 Å². The van der Waals surface area contributed by atoms with Gasteiger partial charge in [0, 0.05) is 5.02 Å². The lowest BCUT2D eigenvalue weighted by atomic mass is 10.0. The largest absolute Gasteiger partial charge is 0.479 e. The van der Waals surface area contributed by atoms with Crippen LogP contribution in [-0.4, -0.2) is 18.7 Å². The molecule has 2 aromatic carbocycles. The highest BCUT2D eigenvalue weighted by molar-refractivity contribution is 6.30. The smallest absolute Gasteiger partial charge is 0.347 e. The molecule has 0 saturated carbocycles. The third-order valence-electron chi connectivity index (χ3n) is 4.72. The van der Waals surface area contributed by atoms with Crippen molar-refractivity contribution in [2.75, 3.05) is 6.61 Å². The van der Waals surface area contributed by atoms with Crippen LogP contribution >= 0.6 is 11.6 Å². The van der Waals surface area contributed by atoms with E-state index in [1.165, 1.54) is 11.1 Å². The second kappa shape index (κ2) is 11.8. The van der Waals surface area contributed by atoms with Crippen molar-refractivity contribution in [2.45, 2.75) is 64.9 Å². The molecule has 0 saturated heterocycles. The highest BCUT2D eigenvalue weighted by Crippen LogP contribution is 2.21. The minimum absolute atomic E-state index is 0.284. The van der Waals surface area contributed by atoms with Crippen molar-refractivity contribution < 1.29 is 14.3 Å². The van der Waals surface area contributed by atoms with Gasteiger partial charge in [-0.2, -0.15) is 0 Å². The number of ether oxygens (including phenoxy) is 2. The molecule has 0 amide bonds. The first-order chi connectivity index (χ1) is 13.5. The molecule has 1 atom stereocenters. The van der Waals surface area contributed by atoms with E-state index in [-0.39, 0.29) is 5.97 Å². The molecule has 0 aliphatic heterocycles. The summed E-state index contributed by atoms with van der Waals surface area (Å²) in [6, 6.07) is 15.9. The van der Waals surface area contributed by atoms with Gasteiger partial charge < -0.3 is 9.47 Å². The number of esters is 1. The van der Waals surface area contributed by atoms with E-state index in [4.69, 9.17) is 21.1 Å². The zero-order chi connectivity index (χ0) is 20.4. The van der Waals surface area contributed by atoms with E-state index >= 15 is 0 Å². The Kier molecular flexibility index (Phi) is 9.36. The molecule has 0 spiro atoms. The first-order valence-electron chi connectivity index (χ1n) is 10.2. The standard InChI is InChI=1S/C24H31ClO3/c1-4-27-24(26)23(28-22-16-12-20(13-17-22)18(2)3)9-7-5-6-8-19-10-14-21(25)15-11-19/h10-18,23H,4-9H2,1-3H3. The molecule has 0 aromatic heterocycles. The molecule has 1 unspecified atom stereocenters. The van der Waals surface area contributed by atoms with Gasteiger partial charge in [0.1, 0.15) is 5.75 Å². The van der Waals surface area contributed by atoms with Gasteiger partial charge in [0.15, 0.2) is 6.10 Å². The van der Waals surface area contributed by atoms with Gasteiger partial charge in [0.25, 0.3) is 0 Å². The van der Waals surface area contributed by atoms with Crippen LogP contribution in [-0.2, 0) is 16.0 Å². The SMILES string of the molecule is CCOC(=O)C(CCCCCc1ccc(Cl)cc1)Oc1ccc(C(C)C)cc1. The van der Waals surface area contributed by atoms with Crippen LogP contribution in [0.4, 0.5) is 0 Å². The Hall–Kier alpha value is -2.00. The fraction of sp³-hybridized carbons (Fsp3) is 0.458. The predicted molar refractivity (Wildman–Crippen MR) is 115 cm³/mol. The molecule has 4 heteroatoms. The highest BCUT2D eigenvalue weighted by Gasteiger charge is 2.21. The van der Waals surface area contributed by atoms with E-state index in [9.17, 15) is 4.79 Å². The number of hydrogen-bond acceptors (Lipinski definition) is 3. The maximum absolute atomic E-state index is 12.3. The number of carbonyl (C=O) groups excluding carboxylic acids is 1. The second-order valence-corrected chi connectivity index (χ2v) is 7.74. The lowest BCUT2D eigenvalue weighted by Gasteiger charge is -2.18. The van der Waals surface area contributed by atoms with Gasteiger partial charge in [-0.1, -0.05) is 56.1 Å². The van der Waals surface area contributed by atoms with Crippen LogP contribution in [0, 0.1) is 0 Å². The molecular weight excluding hydrogens is 372 g/mol. The number of unbranched alkanes of at least 4 members (excludes halogenated alkanes) is 2. The molecule has 0 fully saturated rings. The Bertz CT molecular complexity index is 708. The second-order valence-electron chi connectivity index (χ2n) is 7.31. The maximum atomic E-state index is 12.3. The Morgan fingerprint density at radius 3 is 2.25 bits per heavy atom. The number of aryl methyl sites for hydroxylation is 1. The van der Waals surface area contributed by atoms with E-state index < -0.39 is 6.10 Å². The Labute approximate surface area is 174 Å². The highest BCUT2D eigenvalue weighted by atomic mass is 35.5. The third-order valence-corrected chi connectivity index (χ3v) is 4.97. The van der Waals surface area contributed by atoms with Crippen molar-refractivity contribution in [2.24, 2.45) is 0 Å². The van der Waals surface area contributed by atoms with Crippen LogP contribution in [0.2, 0.25) is 5.02 Å². The van der Waals surface area contributed by atoms with Gasteiger partial charge in [-0.15, -0.1) is 0 Å². The zero-order valence-corrected chi connectivity index (χ0v) is 17.9. The monoisotopic (exact) mass is 402 g/mol. The molecule has 0 aliphatic rings. The van der Waals surface area contributed by atoms with Gasteiger partial charge in [0.05, 0.1) is 6.61 Å². The molecule has 28 heavy (non-hydrogen) atoms. The van der Waals surface area contributed by atoms with Crippen molar-refractivity contribution >= 4 is 17.6 Å². The summed E-state index contributed by atoms with van der Waals surface area (Å²) in [6.07, 6.45) is 4.14. The third kappa shape index (κ3) is 7.55. The first kappa shape index (κ1) is 22.3. The summed E-state index contributed by atoms with van der Waals surface area (Å²) in [7, 11) is 0. The Morgan fingerprint density at radius 1 is 0.964 bits per heavy atom. The predicted octanol–water partition coefficient (Wildman–Crippen LogP) is 6.58. The van der Waals surface area contributed by atoms with Gasteiger partial charge in [-0.25, -0.2) is 4.79 Å². The van der Waals surface area contributed by atoms with E-state index in [1.54, 1.807) is 0 Å². The van der Waals surface area contributed by atoms with Gasteiger partial charge in [0.2, 0.25) is 0 Å². The van der Waals surface area contributed by atoms with Crippen molar-refractivity contribution in [1.29, 1.82) is 0 Å².